The van der Waals surface area contributed by atoms with E-state index in [1.807, 2.05) is 30.3 Å². The van der Waals surface area contributed by atoms with Crippen LogP contribution in [0.2, 0.25) is 0 Å². The Bertz CT molecular complexity index is 973. The molecule has 9 heteroatoms. The normalized spacial score (nSPS) is 15.0. The Hall–Kier alpha value is -3.46. The van der Waals surface area contributed by atoms with Gasteiger partial charge < -0.3 is 5.32 Å². The lowest BCUT2D eigenvalue weighted by atomic mass is 10.1. The van der Waals surface area contributed by atoms with Gasteiger partial charge in [0.1, 0.15) is 0 Å². The number of imide groups is 1. The van der Waals surface area contributed by atoms with Gasteiger partial charge in [0, 0.05) is 25.2 Å². The molecule has 1 fully saturated rings. The van der Waals surface area contributed by atoms with E-state index in [-0.39, 0.29) is 42.3 Å². The Morgan fingerprint density at radius 3 is 2.45 bits per heavy atom. The second-order valence-corrected chi connectivity index (χ2v) is 7.19. The molecule has 1 N–H and O–H groups in total. The third-order valence-corrected chi connectivity index (χ3v) is 5.05. The highest BCUT2D eigenvalue weighted by Crippen LogP contribution is 2.31. The van der Waals surface area contributed by atoms with E-state index in [0.29, 0.717) is 10.5 Å². The third kappa shape index (κ3) is 5.29. The molecular weight excluding hydrogens is 394 g/mol. The summed E-state index contributed by atoms with van der Waals surface area (Å²) in [6.45, 7) is 0.200. The first-order valence-electron chi connectivity index (χ1n) is 8.74. The Morgan fingerprint density at radius 2 is 1.79 bits per heavy atom. The van der Waals surface area contributed by atoms with Crippen molar-refractivity contribution in [1.82, 2.24) is 10.2 Å². The zero-order valence-electron chi connectivity index (χ0n) is 15.2. The minimum absolute atomic E-state index is 0.0444. The summed E-state index contributed by atoms with van der Waals surface area (Å²) in [5.74, 6) is -0.681. The fourth-order valence-electron chi connectivity index (χ4n) is 2.68. The van der Waals surface area contributed by atoms with Gasteiger partial charge in [0.2, 0.25) is 5.91 Å². The summed E-state index contributed by atoms with van der Waals surface area (Å²) in [4.78, 5) is 48.1. The summed E-state index contributed by atoms with van der Waals surface area (Å²) in [7, 11) is 0. The van der Waals surface area contributed by atoms with Crippen molar-refractivity contribution in [3.63, 3.8) is 0 Å². The quantitative estimate of drug-likeness (QED) is 0.426. The van der Waals surface area contributed by atoms with Gasteiger partial charge in [-0.2, -0.15) is 0 Å². The van der Waals surface area contributed by atoms with E-state index in [9.17, 15) is 24.5 Å². The topological polar surface area (TPSA) is 110 Å². The summed E-state index contributed by atoms with van der Waals surface area (Å²) in [5.41, 5.74) is 1.41. The van der Waals surface area contributed by atoms with E-state index in [2.05, 4.69) is 5.32 Å². The smallest absolute Gasteiger partial charge is 0.293 e. The fraction of sp³-hybridized carbons (Fsp3) is 0.150. The highest BCUT2D eigenvalue weighted by molar-refractivity contribution is 8.18. The zero-order valence-corrected chi connectivity index (χ0v) is 16.1. The van der Waals surface area contributed by atoms with Crippen LogP contribution in [0.5, 0.6) is 0 Å². The molecule has 0 spiro atoms. The Balaban J connectivity index is 1.50. The molecule has 1 saturated heterocycles. The van der Waals surface area contributed by atoms with Crippen LogP contribution in [0.25, 0.3) is 6.08 Å². The molecule has 148 valence electrons. The molecule has 2 aromatic rings. The second kappa shape index (κ2) is 9.16. The van der Waals surface area contributed by atoms with Gasteiger partial charge in [-0.3, -0.25) is 29.4 Å². The molecule has 3 rings (SSSR count). The van der Waals surface area contributed by atoms with Gasteiger partial charge in [0.05, 0.1) is 16.2 Å². The lowest BCUT2D eigenvalue weighted by molar-refractivity contribution is -0.384. The lowest BCUT2D eigenvalue weighted by Gasteiger charge is -2.13. The van der Waals surface area contributed by atoms with Crippen molar-refractivity contribution in [3.05, 3.63) is 80.7 Å². The molecule has 2 aromatic carbocycles. The van der Waals surface area contributed by atoms with Crippen LogP contribution in [0.15, 0.2) is 59.5 Å². The van der Waals surface area contributed by atoms with Crippen molar-refractivity contribution in [1.29, 1.82) is 0 Å². The molecule has 0 radical (unpaired) electrons. The minimum atomic E-state index is -0.508. The number of hydrogen-bond donors (Lipinski definition) is 1. The van der Waals surface area contributed by atoms with Crippen LogP contribution in [-0.4, -0.2) is 40.0 Å². The Labute approximate surface area is 170 Å². The predicted molar refractivity (Wildman–Crippen MR) is 109 cm³/mol. The summed E-state index contributed by atoms with van der Waals surface area (Å²) in [6, 6.07) is 14.9. The molecule has 29 heavy (non-hydrogen) atoms. The van der Waals surface area contributed by atoms with Crippen LogP contribution in [0.3, 0.4) is 0 Å². The second-order valence-electron chi connectivity index (χ2n) is 6.19. The number of nitro benzene ring substituents is 1. The number of non-ortho nitro benzene ring substituents is 1. The summed E-state index contributed by atoms with van der Waals surface area (Å²) < 4.78 is 0. The first-order chi connectivity index (χ1) is 13.9. The highest BCUT2D eigenvalue weighted by Gasteiger charge is 2.34. The van der Waals surface area contributed by atoms with Crippen LogP contribution in [-0.2, 0) is 16.0 Å². The molecule has 1 aliphatic rings. The summed E-state index contributed by atoms with van der Waals surface area (Å²) in [6.07, 6.45) is 1.71. The van der Waals surface area contributed by atoms with E-state index in [0.717, 1.165) is 22.2 Å². The standard InChI is InChI=1S/C20H17N3O5S/c24-18(13-15-6-8-16(9-7-15)23(27)28)21-10-11-22-19(25)17(29-20(22)26)12-14-4-2-1-3-5-14/h1-9,12H,10-11,13H2,(H,21,24)/b17-12-. The summed E-state index contributed by atoms with van der Waals surface area (Å²) >= 11 is 0.873. The van der Waals surface area contributed by atoms with E-state index >= 15 is 0 Å². The van der Waals surface area contributed by atoms with Gasteiger partial charge >= 0.3 is 0 Å². The molecule has 0 aliphatic carbocycles. The van der Waals surface area contributed by atoms with Crippen molar-refractivity contribution in [2.24, 2.45) is 0 Å². The molecule has 8 nitrogen and oxygen atoms in total. The number of nitrogens with zero attached hydrogens (tertiary/aromatic N) is 2. The van der Waals surface area contributed by atoms with Crippen molar-refractivity contribution in [3.8, 4) is 0 Å². The molecular formula is C20H17N3O5S. The van der Waals surface area contributed by atoms with Gasteiger partial charge in [-0.05, 0) is 29.0 Å². The first kappa shape index (κ1) is 20.3. The highest BCUT2D eigenvalue weighted by atomic mass is 32.2. The molecule has 3 amide bonds. The maximum Gasteiger partial charge on any atom is 0.293 e. The number of rotatable bonds is 7. The number of thioether (sulfide) groups is 1. The van der Waals surface area contributed by atoms with Crippen LogP contribution in [0, 0.1) is 10.1 Å². The first-order valence-corrected chi connectivity index (χ1v) is 9.56. The third-order valence-electron chi connectivity index (χ3n) is 4.14. The van der Waals surface area contributed by atoms with Crippen molar-refractivity contribution < 1.29 is 19.3 Å². The van der Waals surface area contributed by atoms with Crippen LogP contribution < -0.4 is 5.32 Å². The number of carbonyl (C=O) groups is 3. The monoisotopic (exact) mass is 411 g/mol. The maximum absolute atomic E-state index is 12.4. The molecule has 0 unspecified atom stereocenters. The van der Waals surface area contributed by atoms with Crippen LogP contribution >= 0.6 is 11.8 Å². The van der Waals surface area contributed by atoms with Crippen molar-refractivity contribution in [2.45, 2.75) is 6.42 Å². The molecule has 0 saturated carbocycles. The number of benzene rings is 2. The number of amides is 3. The molecule has 1 heterocycles. The van der Waals surface area contributed by atoms with E-state index in [1.165, 1.54) is 24.3 Å². The molecule has 0 bridgehead atoms. The molecule has 0 aromatic heterocycles. The molecule has 1 aliphatic heterocycles. The largest absolute Gasteiger partial charge is 0.354 e. The SMILES string of the molecule is O=C(Cc1ccc([N+](=O)[O-])cc1)NCCN1C(=O)S/C(=C\c2ccccc2)C1=O. The number of hydrogen-bond acceptors (Lipinski definition) is 6. The summed E-state index contributed by atoms with van der Waals surface area (Å²) in [5, 5.41) is 12.9. The van der Waals surface area contributed by atoms with E-state index < -0.39 is 4.92 Å². The van der Waals surface area contributed by atoms with Gasteiger partial charge in [0.15, 0.2) is 0 Å². The average molecular weight is 411 g/mol. The minimum Gasteiger partial charge on any atom is -0.354 e. The predicted octanol–water partition coefficient (Wildman–Crippen LogP) is 2.99. The number of nitro groups is 1. The lowest BCUT2D eigenvalue weighted by Crippen LogP contribution is -2.37. The van der Waals surface area contributed by atoms with Crippen molar-refractivity contribution >= 4 is 40.6 Å². The Morgan fingerprint density at radius 1 is 1.10 bits per heavy atom. The number of nitrogens with one attached hydrogen (secondary N) is 1. The van der Waals surface area contributed by atoms with E-state index in [1.54, 1.807) is 6.08 Å². The Kier molecular flexibility index (Phi) is 6.40. The average Bonchev–Trinajstić information content (AvgIpc) is 2.96. The maximum atomic E-state index is 12.4. The van der Waals surface area contributed by atoms with Gasteiger partial charge in [-0.25, -0.2) is 0 Å². The van der Waals surface area contributed by atoms with Crippen molar-refractivity contribution in [2.75, 3.05) is 13.1 Å². The zero-order chi connectivity index (χ0) is 20.8. The van der Waals surface area contributed by atoms with Gasteiger partial charge in [-0.15, -0.1) is 0 Å². The van der Waals surface area contributed by atoms with Crippen LogP contribution in [0.1, 0.15) is 11.1 Å². The van der Waals surface area contributed by atoms with E-state index in [4.69, 9.17) is 0 Å². The van der Waals surface area contributed by atoms with Gasteiger partial charge in [0.25, 0.3) is 16.8 Å². The molecule has 0 atom stereocenters. The van der Waals surface area contributed by atoms with Crippen LogP contribution in [0.4, 0.5) is 10.5 Å². The fourth-order valence-corrected chi connectivity index (χ4v) is 3.55. The van der Waals surface area contributed by atoms with Gasteiger partial charge in [-0.1, -0.05) is 42.5 Å². The number of carbonyl (C=O) groups excluding carboxylic acids is 3.